The van der Waals surface area contributed by atoms with Crippen LogP contribution in [0.25, 0.3) is 11.2 Å². The molecule has 2 aromatic heterocycles. The van der Waals surface area contributed by atoms with E-state index in [1.54, 1.807) is 12.4 Å². The monoisotopic (exact) mass is 285 g/mol. The third-order valence-corrected chi connectivity index (χ3v) is 2.86. The first-order chi connectivity index (χ1) is 7.72. The summed E-state index contributed by atoms with van der Waals surface area (Å²) in [5, 5.41) is 20.2. The number of imidazole rings is 1. The van der Waals surface area contributed by atoms with Crippen molar-refractivity contribution in [1.29, 1.82) is 0 Å². The van der Waals surface area contributed by atoms with E-state index in [9.17, 15) is 10.2 Å². The van der Waals surface area contributed by atoms with Crippen LogP contribution in [-0.4, -0.2) is 36.6 Å². The van der Waals surface area contributed by atoms with Crippen LogP contribution in [0.5, 0.6) is 0 Å². The van der Waals surface area contributed by atoms with Crippen LogP contribution in [0.4, 0.5) is 0 Å². The molecule has 0 aliphatic heterocycles. The minimum absolute atomic E-state index is 0.488. The molecule has 6 heteroatoms. The fourth-order valence-corrected chi connectivity index (χ4v) is 1.97. The number of nitrogens with one attached hydrogen (secondary N) is 1. The van der Waals surface area contributed by atoms with Crippen molar-refractivity contribution in [3.8, 4) is 0 Å². The van der Waals surface area contributed by atoms with E-state index in [0.29, 0.717) is 23.0 Å². The van der Waals surface area contributed by atoms with Gasteiger partial charge >= 0.3 is 0 Å². The molecule has 16 heavy (non-hydrogen) atoms. The van der Waals surface area contributed by atoms with Gasteiger partial charge in [0.05, 0.1) is 17.9 Å². The van der Waals surface area contributed by atoms with Gasteiger partial charge < -0.3 is 15.2 Å². The quantitative estimate of drug-likeness (QED) is 0.736. The van der Waals surface area contributed by atoms with E-state index < -0.39 is 12.2 Å². The van der Waals surface area contributed by atoms with E-state index in [2.05, 4.69) is 30.9 Å². The number of aliphatic hydroxyl groups excluding tert-OH is 2. The first-order valence-electron chi connectivity index (χ1n) is 4.93. The maximum absolute atomic E-state index is 9.87. The summed E-state index contributed by atoms with van der Waals surface area (Å²) in [7, 11) is 0. The lowest BCUT2D eigenvalue weighted by Crippen LogP contribution is -2.18. The minimum Gasteiger partial charge on any atom is -0.390 e. The molecular weight excluding hydrogens is 274 g/mol. The first-order valence-corrected chi connectivity index (χ1v) is 6.05. The third-order valence-electron chi connectivity index (χ3n) is 2.41. The normalized spacial score (nSPS) is 15.2. The van der Waals surface area contributed by atoms with Gasteiger partial charge in [-0.05, 0) is 12.5 Å². The van der Waals surface area contributed by atoms with E-state index in [0.717, 1.165) is 5.52 Å². The van der Waals surface area contributed by atoms with Crippen molar-refractivity contribution in [2.45, 2.75) is 18.6 Å². The molecule has 2 aromatic rings. The molecule has 2 unspecified atom stereocenters. The number of nitrogens with zero attached hydrogens (tertiary/aromatic N) is 2. The average molecular weight is 286 g/mol. The summed E-state index contributed by atoms with van der Waals surface area (Å²) >= 11 is 3.22. The Balaban J connectivity index is 2.24. The molecule has 2 atom stereocenters. The predicted octanol–water partition coefficient (Wildman–Crippen LogP) is 1.14. The molecule has 86 valence electrons. The second kappa shape index (κ2) is 4.90. The van der Waals surface area contributed by atoms with Crippen LogP contribution in [0, 0.1) is 0 Å². The number of rotatable bonds is 4. The Hall–Kier alpha value is -0.980. The van der Waals surface area contributed by atoms with Gasteiger partial charge in [-0.1, -0.05) is 15.9 Å². The largest absolute Gasteiger partial charge is 0.390 e. The smallest absolute Gasteiger partial charge is 0.177 e. The Morgan fingerprint density at radius 1 is 1.38 bits per heavy atom. The molecule has 0 radical (unpaired) electrons. The Kier molecular flexibility index (Phi) is 3.52. The fourth-order valence-electron chi connectivity index (χ4n) is 1.50. The van der Waals surface area contributed by atoms with Gasteiger partial charge in [-0.25, -0.2) is 9.97 Å². The van der Waals surface area contributed by atoms with Gasteiger partial charge in [-0.2, -0.15) is 0 Å². The summed E-state index contributed by atoms with van der Waals surface area (Å²) in [4.78, 5) is 11.0. The van der Waals surface area contributed by atoms with Crippen LogP contribution in [0.15, 0.2) is 18.6 Å². The summed E-state index contributed by atoms with van der Waals surface area (Å²) in [6, 6.07) is 1.75. The highest BCUT2D eigenvalue weighted by Crippen LogP contribution is 2.20. The highest BCUT2D eigenvalue weighted by atomic mass is 79.9. The third kappa shape index (κ3) is 2.23. The zero-order chi connectivity index (χ0) is 11.5. The lowest BCUT2D eigenvalue weighted by atomic mass is 10.0. The van der Waals surface area contributed by atoms with Gasteiger partial charge in [-0.15, -0.1) is 0 Å². The Bertz CT molecular complexity index is 474. The molecule has 0 aromatic carbocycles. The van der Waals surface area contributed by atoms with Gasteiger partial charge in [-0.3, -0.25) is 0 Å². The maximum atomic E-state index is 9.87. The van der Waals surface area contributed by atoms with E-state index >= 15 is 0 Å². The molecule has 2 rings (SSSR count). The molecule has 0 spiro atoms. The van der Waals surface area contributed by atoms with Crippen LogP contribution in [-0.2, 0) is 0 Å². The summed E-state index contributed by atoms with van der Waals surface area (Å²) in [6.45, 7) is 0. The molecule has 5 nitrogen and oxygen atoms in total. The molecular formula is C10H12BrN3O2. The maximum Gasteiger partial charge on any atom is 0.177 e. The number of fused-ring (bicyclic) bond motifs is 1. The van der Waals surface area contributed by atoms with Crippen LogP contribution in [0.2, 0.25) is 0 Å². The summed E-state index contributed by atoms with van der Waals surface area (Å²) < 4.78 is 0. The number of H-pyrrole nitrogens is 1. The summed E-state index contributed by atoms with van der Waals surface area (Å²) in [5.74, 6) is 0. The van der Waals surface area contributed by atoms with Gasteiger partial charge in [0.1, 0.15) is 6.10 Å². The van der Waals surface area contributed by atoms with Crippen molar-refractivity contribution in [3.05, 3.63) is 24.2 Å². The molecule has 0 saturated heterocycles. The Morgan fingerprint density at radius 2 is 2.19 bits per heavy atom. The fraction of sp³-hybridized carbons (Fsp3) is 0.400. The zero-order valence-electron chi connectivity index (χ0n) is 8.47. The van der Waals surface area contributed by atoms with Crippen LogP contribution in [0.3, 0.4) is 0 Å². The van der Waals surface area contributed by atoms with Crippen molar-refractivity contribution in [2.24, 2.45) is 0 Å². The molecule has 0 fully saturated rings. The summed E-state index contributed by atoms with van der Waals surface area (Å²) in [6.07, 6.45) is 1.86. The van der Waals surface area contributed by atoms with Crippen molar-refractivity contribution in [1.82, 2.24) is 15.0 Å². The number of aromatic nitrogens is 3. The average Bonchev–Trinajstić information content (AvgIpc) is 2.75. The standard InChI is InChI=1S/C10H12BrN3O2/c11-2-1-8(15)9(16)6-3-7-10(12-4-6)14-5-13-7/h3-5,8-9,15-16H,1-2H2,(H,12,13,14). The Labute approximate surface area is 101 Å². The SMILES string of the molecule is OC(CCBr)C(O)c1cnc2nc[nH]c2c1. The highest BCUT2D eigenvalue weighted by Gasteiger charge is 2.18. The topological polar surface area (TPSA) is 82.0 Å². The van der Waals surface area contributed by atoms with E-state index in [1.807, 2.05) is 0 Å². The molecule has 0 aliphatic rings. The number of aromatic amines is 1. The van der Waals surface area contributed by atoms with Crippen LogP contribution < -0.4 is 0 Å². The molecule has 2 heterocycles. The van der Waals surface area contributed by atoms with Crippen LogP contribution >= 0.6 is 15.9 Å². The van der Waals surface area contributed by atoms with Gasteiger partial charge in [0.15, 0.2) is 5.65 Å². The lowest BCUT2D eigenvalue weighted by molar-refractivity contribution is 0.0172. The second-order valence-electron chi connectivity index (χ2n) is 3.53. The van der Waals surface area contributed by atoms with Crippen molar-refractivity contribution < 1.29 is 10.2 Å². The van der Waals surface area contributed by atoms with Gasteiger partial charge in [0, 0.05) is 17.1 Å². The van der Waals surface area contributed by atoms with Crippen LogP contribution in [0.1, 0.15) is 18.1 Å². The van der Waals surface area contributed by atoms with Crippen molar-refractivity contribution in [3.63, 3.8) is 0 Å². The lowest BCUT2D eigenvalue weighted by Gasteiger charge is -2.16. The highest BCUT2D eigenvalue weighted by molar-refractivity contribution is 9.09. The number of alkyl halides is 1. The van der Waals surface area contributed by atoms with Gasteiger partial charge in [0.25, 0.3) is 0 Å². The zero-order valence-corrected chi connectivity index (χ0v) is 10.1. The van der Waals surface area contributed by atoms with E-state index in [4.69, 9.17) is 0 Å². The number of halogens is 1. The van der Waals surface area contributed by atoms with Gasteiger partial charge in [0.2, 0.25) is 0 Å². The van der Waals surface area contributed by atoms with E-state index in [1.165, 1.54) is 6.20 Å². The number of hydrogen-bond donors (Lipinski definition) is 3. The molecule has 0 aliphatic carbocycles. The Morgan fingerprint density at radius 3 is 2.94 bits per heavy atom. The molecule has 0 bridgehead atoms. The van der Waals surface area contributed by atoms with Crippen molar-refractivity contribution >= 4 is 27.1 Å². The number of aliphatic hydroxyl groups is 2. The minimum atomic E-state index is -0.919. The first kappa shape index (κ1) is 11.5. The number of pyridine rings is 1. The molecule has 0 amide bonds. The number of hydrogen-bond acceptors (Lipinski definition) is 4. The predicted molar refractivity (Wildman–Crippen MR) is 63.3 cm³/mol. The summed E-state index contributed by atoms with van der Waals surface area (Å²) in [5.41, 5.74) is 1.94. The second-order valence-corrected chi connectivity index (χ2v) is 4.33. The van der Waals surface area contributed by atoms with Crippen molar-refractivity contribution in [2.75, 3.05) is 5.33 Å². The molecule has 0 saturated carbocycles. The van der Waals surface area contributed by atoms with E-state index in [-0.39, 0.29) is 0 Å². The molecule has 3 N–H and O–H groups in total.